The van der Waals surface area contributed by atoms with Gasteiger partial charge < -0.3 is 4.74 Å². The molecule has 1 aromatic carbocycles. The number of aromatic amines is 2. The van der Waals surface area contributed by atoms with E-state index in [4.69, 9.17) is 4.74 Å². The van der Waals surface area contributed by atoms with E-state index >= 15 is 0 Å². The number of nitrogens with one attached hydrogen (secondary N) is 3. The number of H-pyrrole nitrogens is 2. The Labute approximate surface area is 180 Å². The first-order chi connectivity index (χ1) is 15.0. The van der Waals surface area contributed by atoms with Crippen LogP contribution in [0.3, 0.4) is 0 Å². The first-order valence-corrected chi connectivity index (χ1v) is 11.8. The first-order valence-electron chi connectivity index (χ1n) is 10.3. The van der Waals surface area contributed by atoms with E-state index in [1.54, 1.807) is 37.4 Å². The molecule has 0 radical (unpaired) electrons. The monoisotopic (exact) mass is 443 g/mol. The lowest BCUT2D eigenvalue weighted by Crippen LogP contribution is -2.24. The number of sulfonamides is 1. The van der Waals surface area contributed by atoms with Crippen molar-refractivity contribution in [3.05, 3.63) is 53.0 Å². The molecule has 0 saturated heterocycles. The summed E-state index contributed by atoms with van der Waals surface area (Å²) in [4.78, 5) is 12.7. The molecule has 0 bridgehead atoms. The van der Waals surface area contributed by atoms with Gasteiger partial charge in [0, 0.05) is 35.7 Å². The maximum atomic E-state index is 12.5. The topological polar surface area (TPSA) is 130 Å². The van der Waals surface area contributed by atoms with Gasteiger partial charge in [0.2, 0.25) is 10.0 Å². The van der Waals surface area contributed by atoms with Crippen molar-refractivity contribution < 1.29 is 17.9 Å². The van der Waals surface area contributed by atoms with Crippen molar-refractivity contribution >= 4 is 16.0 Å². The fraction of sp³-hybridized carbons (Fsp3) is 0.381. The van der Waals surface area contributed by atoms with Crippen LogP contribution in [0, 0.1) is 0 Å². The highest BCUT2D eigenvalue weighted by molar-refractivity contribution is 7.89. The van der Waals surface area contributed by atoms with Crippen molar-refractivity contribution in [3.63, 3.8) is 0 Å². The van der Waals surface area contributed by atoms with Gasteiger partial charge in [0.05, 0.1) is 17.7 Å². The molecule has 31 heavy (non-hydrogen) atoms. The average molecular weight is 444 g/mol. The zero-order chi connectivity index (χ0) is 22.0. The molecule has 1 aliphatic carbocycles. The van der Waals surface area contributed by atoms with Gasteiger partial charge in [-0.25, -0.2) is 17.9 Å². The van der Waals surface area contributed by atoms with Crippen molar-refractivity contribution in [1.82, 2.24) is 25.1 Å². The largest absolute Gasteiger partial charge is 0.461 e. The van der Waals surface area contributed by atoms with E-state index in [2.05, 4.69) is 25.1 Å². The zero-order valence-electron chi connectivity index (χ0n) is 17.4. The minimum atomic E-state index is -3.56. The van der Waals surface area contributed by atoms with Gasteiger partial charge in [-0.15, -0.1) is 0 Å². The van der Waals surface area contributed by atoms with E-state index in [9.17, 15) is 13.2 Å². The highest BCUT2D eigenvalue weighted by Gasteiger charge is 2.35. The highest BCUT2D eigenvalue weighted by atomic mass is 32.2. The molecule has 2 heterocycles. The van der Waals surface area contributed by atoms with Gasteiger partial charge in [-0.3, -0.25) is 10.2 Å². The molecule has 3 aromatic rings. The van der Waals surface area contributed by atoms with Crippen LogP contribution < -0.4 is 4.72 Å². The van der Waals surface area contributed by atoms with Gasteiger partial charge in [-0.1, -0.05) is 25.5 Å². The number of benzene rings is 1. The molecule has 1 aliphatic rings. The summed E-state index contributed by atoms with van der Waals surface area (Å²) in [6.45, 7) is 4.42. The molecular formula is C21H25N5O4S. The molecule has 10 heteroatoms. The third kappa shape index (κ3) is 4.00. The molecule has 164 valence electrons. The molecule has 0 fully saturated rings. The average Bonchev–Trinajstić information content (AvgIpc) is 3.40. The van der Waals surface area contributed by atoms with Crippen molar-refractivity contribution in [2.45, 2.75) is 43.9 Å². The molecular weight excluding hydrogens is 418 g/mol. The SMILES string of the molecule is CCCCNS(=O)(=O)c1ccc(C2Cc3[nH]ncc3-c3n[nH]c(C(=O)OCC)c32)cc1. The van der Waals surface area contributed by atoms with E-state index in [-0.39, 0.29) is 17.4 Å². The van der Waals surface area contributed by atoms with Gasteiger partial charge >= 0.3 is 5.97 Å². The van der Waals surface area contributed by atoms with Crippen LogP contribution in [-0.4, -0.2) is 47.9 Å². The molecule has 0 spiro atoms. The summed E-state index contributed by atoms with van der Waals surface area (Å²) in [6, 6.07) is 6.75. The minimum Gasteiger partial charge on any atom is -0.461 e. The summed E-state index contributed by atoms with van der Waals surface area (Å²) in [6.07, 6.45) is 3.97. The van der Waals surface area contributed by atoms with Crippen LogP contribution in [0.1, 0.15) is 59.9 Å². The summed E-state index contributed by atoms with van der Waals surface area (Å²) in [7, 11) is -3.56. The number of unbranched alkanes of at least 4 members (excludes halogenated alkanes) is 1. The number of hydrogen-bond acceptors (Lipinski definition) is 6. The third-order valence-electron chi connectivity index (χ3n) is 5.43. The summed E-state index contributed by atoms with van der Waals surface area (Å²) in [5, 5.41) is 14.3. The zero-order valence-corrected chi connectivity index (χ0v) is 18.3. The molecule has 9 nitrogen and oxygen atoms in total. The van der Waals surface area contributed by atoms with Crippen LogP contribution in [0.15, 0.2) is 35.4 Å². The second-order valence-electron chi connectivity index (χ2n) is 7.42. The Morgan fingerprint density at radius 3 is 2.71 bits per heavy atom. The Morgan fingerprint density at radius 2 is 2.00 bits per heavy atom. The van der Waals surface area contributed by atoms with Crippen LogP contribution in [0.5, 0.6) is 0 Å². The molecule has 3 N–H and O–H groups in total. The van der Waals surface area contributed by atoms with Crippen LogP contribution in [0.2, 0.25) is 0 Å². The minimum absolute atomic E-state index is 0.203. The predicted molar refractivity (Wildman–Crippen MR) is 114 cm³/mol. The van der Waals surface area contributed by atoms with E-state index in [0.717, 1.165) is 35.2 Å². The number of aromatic nitrogens is 4. The lowest BCUT2D eigenvalue weighted by atomic mass is 9.80. The van der Waals surface area contributed by atoms with E-state index in [1.807, 2.05) is 6.92 Å². The van der Waals surface area contributed by atoms with Gasteiger partial charge in [-0.2, -0.15) is 10.2 Å². The standard InChI is InChI=1S/C21H25N5O4S/c1-3-5-10-23-31(28,29)14-8-6-13(7-9-14)15-11-17-16(12-22-24-17)19-18(15)20(26-25-19)21(27)30-4-2/h6-9,12,15,23H,3-5,10-11H2,1-2H3,(H,22,24)(H,25,26). The number of carbonyl (C=O) groups excluding carboxylic acids is 1. The Morgan fingerprint density at radius 1 is 1.23 bits per heavy atom. The predicted octanol–water partition coefficient (Wildman–Crippen LogP) is 2.74. The van der Waals surface area contributed by atoms with Crippen LogP contribution in [-0.2, 0) is 21.2 Å². The maximum Gasteiger partial charge on any atom is 0.356 e. The Kier molecular flexibility index (Phi) is 5.92. The van der Waals surface area contributed by atoms with Gasteiger partial charge in [-0.05, 0) is 31.0 Å². The Hall–Kier alpha value is -2.98. The van der Waals surface area contributed by atoms with E-state index < -0.39 is 16.0 Å². The second kappa shape index (κ2) is 8.64. The number of ether oxygens (including phenoxy) is 1. The molecule has 1 atom stereocenters. The molecule has 4 rings (SSSR count). The quantitative estimate of drug-likeness (QED) is 0.363. The smallest absolute Gasteiger partial charge is 0.356 e. The number of esters is 1. The summed E-state index contributed by atoms with van der Waals surface area (Å²) < 4.78 is 32.8. The lowest BCUT2D eigenvalue weighted by Gasteiger charge is -2.23. The van der Waals surface area contributed by atoms with Crippen molar-refractivity contribution in [1.29, 1.82) is 0 Å². The summed E-state index contributed by atoms with van der Waals surface area (Å²) in [5.41, 5.74) is 4.34. The van der Waals surface area contributed by atoms with Crippen LogP contribution in [0.25, 0.3) is 11.3 Å². The highest BCUT2D eigenvalue weighted by Crippen LogP contribution is 2.42. The lowest BCUT2D eigenvalue weighted by molar-refractivity contribution is 0.0517. The van der Waals surface area contributed by atoms with Gasteiger partial charge in [0.1, 0.15) is 11.4 Å². The van der Waals surface area contributed by atoms with Gasteiger partial charge in [0.25, 0.3) is 0 Å². The fourth-order valence-electron chi connectivity index (χ4n) is 3.86. The van der Waals surface area contributed by atoms with E-state index in [1.165, 1.54) is 0 Å². The van der Waals surface area contributed by atoms with E-state index in [0.29, 0.717) is 24.4 Å². The normalized spacial score (nSPS) is 15.4. The number of carbonyl (C=O) groups is 1. The van der Waals surface area contributed by atoms with Crippen molar-refractivity contribution in [2.24, 2.45) is 0 Å². The molecule has 0 aliphatic heterocycles. The third-order valence-corrected chi connectivity index (χ3v) is 6.91. The number of hydrogen-bond donors (Lipinski definition) is 3. The molecule has 1 unspecified atom stereocenters. The fourth-order valence-corrected chi connectivity index (χ4v) is 4.94. The van der Waals surface area contributed by atoms with Crippen LogP contribution >= 0.6 is 0 Å². The number of fused-ring (bicyclic) bond motifs is 3. The molecule has 0 saturated carbocycles. The van der Waals surface area contributed by atoms with Crippen LogP contribution in [0.4, 0.5) is 0 Å². The van der Waals surface area contributed by atoms with Crippen molar-refractivity contribution in [2.75, 3.05) is 13.2 Å². The van der Waals surface area contributed by atoms with Gasteiger partial charge in [0.15, 0.2) is 0 Å². The second-order valence-corrected chi connectivity index (χ2v) is 9.19. The Bertz CT molecular complexity index is 1180. The first kappa shape index (κ1) is 21.3. The number of rotatable bonds is 8. The Balaban J connectivity index is 1.69. The maximum absolute atomic E-state index is 12.5. The number of nitrogens with zero attached hydrogens (tertiary/aromatic N) is 2. The van der Waals surface area contributed by atoms with Crippen molar-refractivity contribution in [3.8, 4) is 11.3 Å². The molecule has 2 aromatic heterocycles. The summed E-state index contributed by atoms with van der Waals surface area (Å²) in [5.74, 6) is -0.668. The summed E-state index contributed by atoms with van der Waals surface area (Å²) >= 11 is 0. The molecule has 0 amide bonds.